The predicted octanol–water partition coefficient (Wildman–Crippen LogP) is 2.00. The van der Waals surface area contributed by atoms with E-state index in [4.69, 9.17) is 0 Å². The number of sulfonamides is 1. The molecular formula is C30H43N3O8S. The smallest absolute Gasteiger partial charge is 0.305 e. The first kappa shape index (κ1) is 33.4. The van der Waals surface area contributed by atoms with Crippen LogP contribution in [0.15, 0.2) is 30.3 Å². The van der Waals surface area contributed by atoms with Gasteiger partial charge in [0, 0.05) is 30.7 Å². The summed E-state index contributed by atoms with van der Waals surface area (Å²) in [6.07, 6.45) is 2.48. The van der Waals surface area contributed by atoms with E-state index in [2.05, 4.69) is 15.4 Å². The van der Waals surface area contributed by atoms with E-state index in [9.17, 15) is 37.5 Å². The highest BCUT2D eigenvalue weighted by molar-refractivity contribution is 7.89. The van der Waals surface area contributed by atoms with Crippen molar-refractivity contribution in [2.75, 3.05) is 18.8 Å². The number of aryl methyl sites for hydroxylation is 1. The highest BCUT2D eigenvalue weighted by Crippen LogP contribution is 2.64. The standard InChI is InChI=1S/C30H43N3O8S/c1-4-21(15-26(36)31-14-8-11-20-9-6-5-7-10-20)28(39)33-23(17-27(37)38)24(34)18-32-42(40,41)19-30-13-12-22(16-25(30)35)29(30,2)3/h5-7,9-10,21-23,32H,4,8,11-19H2,1-3H3,(H,31,36)(H,33,39)(H,37,38). The summed E-state index contributed by atoms with van der Waals surface area (Å²) in [6.45, 7) is 5.21. The third kappa shape index (κ3) is 8.03. The van der Waals surface area contributed by atoms with Crippen molar-refractivity contribution >= 4 is 39.4 Å². The molecule has 42 heavy (non-hydrogen) atoms. The van der Waals surface area contributed by atoms with Gasteiger partial charge in [-0.05, 0) is 49.0 Å². The van der Waals surface area contributed by atoms with Gasteiger partial charge in [-0.1, -0.05) is 51.1 Å². The maximum absolute atomic E-state index is 13.0. The van der Waals surface area contributed by atoms with Crippen LogP contribution in [0, 0.1) is 22.7 Å². The lowest BCUT2D eigenvalue weighted by Gasteiger charge is -2.36. The molecular weight excluding hydrogens is 562 g/mol. The molecule has 2 aliphatic carbocycles. The molecule has 12 heteroatoms. The Morgan fingerprint density at radius 2 is 1.79 bits per heavy atom. The summed E-state index contributed by atoms with van der Waals surface area (Å²) < 4.78 is 28.2. The monoisotopic (exact) mass is 605 g/mol. The van der Waals surface area contributed by atoms with Gasteiger partial charge in [-0.2, -0.15) is 0 Å². The molecule has 2 saturated carbocycles. The van der Waals surface area contributed by atoms with Crippen LogP contribution in [0.3, 0.4) is 0 Å². The Morgan fingerprint density at radius 3 is 2.36 bits per heavy atom. The highest BCUT2D eigenvalue weighted by Gasteiger charge is 2.65. The van der Waals surface area contributed by atoms with Crippen LogP contribution in [0.2, 0.25) is 0 Å². The van der Waals surface area contributed by atoms with E-state index in [1.54, 1.807) is 6.92 Å². The molecule has 2 bridgehead atoms. The number of Topliss-reactive ketones (excluding diaryl/α,β-unsaturated/α-hetero) is 2. The van der Waals surface area contributed by atoms with Gasteiger partial charge < -0.3 is 15.7 Å². The maximum atomic E-state index is 13.0. The number of rotatable bonds is 17. The predicted molar refractivity (Wildman–Crippen MR) is 156 cm³/mol. The Labute approximate surface area is 247 Å². The summed E-state index contributed by atoms with van der Waals surface area (Å²) in [7, 11) is -4.07. The number of fused-ring (bicyclic) bond motifs is 2. The van der Waals surface area contributed by atoms with Gasteiger partial charge in [-0.15, -0.1) is 0 Å². The van der Waals surface area contributed by atoms with Gasteiger partial charge in [0.2, 0.25) is 21.8 Å². The number of ketones is 2. The normalized spacial score (nSPS) is 22.4. The molecule has 2 amide bonds. The van der Waals surface area contributed by atoms with Gasteiger partial charge in [0.1, 0.15) is 5.78 Å². The molecule has 0 radical (unpaired) electrons. The second kappa shape index (κ2) is 13.9. The summed E-state index contributed by atoms with van der Waals surface area (Å²) in [5, 5.41) is 14.5. The molecule has 2 aliphatic rings. The topological polar surface area (TPSA) is 176 Å². The lowest BCUT2D eigenvalue weighted by molar-refractivity contribution is -0.140. The molecule has 1 aromatic rings. The van der Waals surface area contributed by atoms with Gasteiger partial charge in [-0.3, -0.25) is 24.0 Å². The number of nitrogens with one attached hydrogen (secondary N) is 3. The minimum Gasteiger partial charge on any atom is -0.481 e. The highest BCUT2D eigenvalue weighted by atomic mass is 32.2. The summed E-state index contributed by atoms with van der Waals surface area (Å²) >= 11 is 0. The Balaban J connectivity index is 1.52. The third-order valence-corrected chi connectivity index (χ3v) is 10.7. The van der Waals surface area contributed by atoms with Crippen LogP contribution >= 0.6 is 0 Å². The Hall–Kier alpha value is -3.12. The maximum Gasteiger partial charge on any atom is 0.305 e. The van der Waals surface area contributed by atoms with Crippen molar-refractivity contribution in [3.63, 3.8) is 0 Å². The van der Waals surface area contributed by atoms with E-state index >= 15 is 0 Å². The van der Waals surface area contributed by atoms with Gasteiger partial charge in [0.25, 0.3) is 0 Å². The first-order chi connectivity index (χ1) is 19.7. The van der Waals surface area contributed by atoms with Crippen LogP contribution in [0.1, 0.15) is 71.3 Å². The van der Waals surface area contributed by atoms with E-state index in [1.165, 1.54) is 0 Å². The summed E-state index contributed by atoms with van der Waals surface area (Å²) in [5.41, 5.74) is -0.347. The molecule has 4 atom stereocenters. The first-order valence-corrected chi connectivity index (χ1v) is 16.2. The number of carbonyl (C=O) groups is 5. The molecule has 1 aromatic carbocycles. The molecule has 232 valence electrons. The van der Waals surface area contributed by atoms with Crippen molar-refractivity contribution in [3.8, 4) is 0 Å². The van der Waals surface area contributed by atoms with E-state index < -0.39 is 69.2 Å². The number of carboxylic acids is 1. The van der Waals surface area contributed by atoms with Gasteiger partial charge in [0.15, 0.2) is 5.78 Å². The molecule has 4 N–H and O–H groups in total. The Kier molecular flexibility index (Phi) is 11.0. The SMILES string of the molecule is CCC(CC(=O)NCCCc1ccccc1)C(=O)NC(CC(=O)O)C(=O)CNS(=O)(=O)CC12CCC(CC1=O)C2(C)C. The zero-order valence-corrected chi connectivity index (χ0v) is 25.4. The van der Waals surface area contributed by atoms with Crippen LogP contribution < -0.4 is 15.4 Å². The molecule has 3 rings (SSSR count). The van der Waals surface area contributed by atoms with Gasteiger partial charge >= 0.3 is 5.97 Å². The third-order valence-electron chi connectivity index (χ3n) is 9.23. The van der Waals surface area contributed by atoms with Crippen LogP contribution in [0.4, 0.5) is 0 Å². The average Bonchev–Trinajstić information content (AvgIpc) is 3.27. The van der Waals surface area contributed by atoms with Crippen molar-refractivity contribution in [1.29, 1.82) is 0 Å². The quantitative estimate of drug-likeness (QED) is 0.195. The van der Waals surface area contributed by atoms with E-state index in [0.29, 0.717) is 19.4 Å². The summed E-state index contributed by atoms with van der Waals surface area (Å²) in [6, 6.07) is 8.33. The van der Waals surface area contributed by atoms with Crippen molar-refractivity contribution in [2.45, 2.75) is 78.2 Å². The number of hydrogen-bond acceptors (Lipinski definition) is 7. The zero-order valence-electron chi connectivity index (χ0n) is 24.6. The van der Waals surface area contributed by atoms with Gasteiger partial charge in [0.05, 0.1) is 24.8 Å². The fourth-order valence-electron chi connectivity index (χ4n) is 6.38. The van der Waals surface area contributed by atoms with Crippen LogP contribution in [-0.4, -0.2) is 67.8 Å². The second-order valence-electron chi connectivity index (χ2n) is 12.1. The number of hydrogen-bond donors (Lipinski definition) is 4. The average molecular weight is 606 g/mol. The number of amides is 2. The van der Waals surface area contributed by atoms with Gasteiger partial charge in [-0.25, -0.2) is 13.1 Å². The van der Waals surface area contributed by atoms with Crippen molar-refractivity contribution < 1.29 is 37.5 Å². The van der Waals surface area contributed by atoms with Crippen LogP contribution in [0.5, 0.6) is 0 Å². The molecule has 4 unspecified atom stereocenters. The Bertz CT molecular complexity index is 1280. The Morgan fingerprint density at radius 1 is 1.10 bits per heavy atom. The number of benzene rings is 1. The minimum atomic E-state index is -4.07. The lowest BCUT2D eigenvalue weighted by atomic mass is 9.70. The van der Waals surface area contributed by atoms with E-state index in [0.717, 1.165) is 24.8 Å². The van der Waals surface area contributed by atoms with Crippen molar-refractivity contribution in [1.82, 2.24) is 15.4 Å². The fraction of sp³-hybridized carbons (Fsp3) is 0.633. The summed E-state index contributed by atoms with van der Waals surface area (Å²) in [4.78, 5) is 62.5. The number of carboxylic acid groups (broad SMARTS) is 1. The molecule has 0 aliphatic heterocycles. The molecule has 0 saturated heterocycles. The fourth-order valence-corrected chi connectivity index (χ4v) is 8.17. The van der Waals surface area contributed by atoms with E-state index in [-0.39, 0.29) is 30.4 Å². The number of aliphatic carboxylic acids is 1. The largest absolute Gasteiger partial charge is 0.481 e. The molecule has 11 nitrogen and oxygen atoms in total. The summed E-state index contributed by atoms with van der Waals surface area (Å²) in [5.74, 6) is -4.37. The van der Waals surface area contributed by atoms with Crippen LogP contribution in [0.25, 0.3) is 0 Å². The lowest BCUT2D eigenvalue weighted by Crippen LogP contribution is -2.50. The van der Waals surface area contributed by atoms with Crippen LogP contribution in [-0.2, 0) is 40.4 Å². The second-order valence-corrected chi connectivity index (χ2v) is 13.9. The zero-order chi connectivity index (χ0) is 31.1. The molecule has 0 heterocycles. The minimum absolute atomic E-state index is 0.0812. The molecule has 0 aromatic heterocycles. The molecule has 2 fully saturated rings. The van der Waals surface area contributed by atoms with Crippen molar-refractivity contribution in [2.24, 2.45) is 22.7 Å². The first-order valence-electron chi connectivity index (χ1n) is 14.6. The van der Waals surface area contributed by atoms with E-state index in [1.807, 2.05) is 44.2 Å². The van der Waals surface area contributed by atoms with Crippen molar-refractivity contribution in [3.05, 3.63) is 35.9 Å². The molecule has 0 spiro atoms. The number of carbonyl (C=O) groups excluding carboxylic acids is 4.